The first-order chi connectivity index (χ1) is 11.9. The lowest BCUT2D eigenvalue weighted by Gasteiger charge is -2.42. The van der Waals surface area contributed by atoms with Gasteiger partial charge in [0.2, 0.25) is 0 Å². The highest BCUT2D eigenvalue weighted by atomic mass is 16.7. The SMILES string of the molecule is CC1(C)OCC(CO)(COCC(=O)On2nnc3ccccc32)CO1. The van der Waals surface area contributed by atoms with Crippen LogP contribution in [-0.2, 0) is 19.0 Å². The minimum atomic E-state index is -0.699. The lowest BCUT2D eigenvalue weighted by molar-refractivity contribution is -0.296. The molecule has 136 valence electrons. The van der Waals surface area contributed by atoms with Gasteiger partial charge in [-0.1, -0.05) is 17.0 Å². The van der Waals surface area contributed by atoms with Gasteiger partial charge in [0.05, 0.1) is 31.8 Å². The fourth-order valence-electron chi connectivity index (χ4n) is 2.35. The van der Waals surface area contributed by atoms with Crippen molar-refractivity contribution in [2.45, 2.75) is 19.6 Å². The zero-order valence-electron chi connectivity index (χ0n) is 14.2. The number of benzene rings is 1. The molecule has 0 atom stereocenters. The molecule has 25 heavy (non-hydrogen) atoms. The van der Waals surface area contributed by atoms with Crippen molar-refractivity contribution < 1.29 is 28.9 Å². The van der Waals surface area contributed by atoms with Crippen molar-refractivity contribution in [3.63, 3.8) is 0 Å². The maximum absolute atomic E-state index is 11.9. The third-order valence-electron chi connectivity index (χ3n) is 3.93. The average Bonchev–Trinajstić information content (AvgIpc) is 3.00. The fourth-order valence-corrected chi connectivity index (χ4v) is 2.35. The molecule has 1 aromatic heterocycles. The highest BCUT2D eigenvalue weighted by Gasteiger charge is 2.40. The quantitative estimate of drug-likeness (QED) is 0.734. The molecule has 0 bridgehead atoms. The molecule has 0 aliphatic carbocycles. The molecule has 0 spiro atoms. The molecule has 1 fully saturated rings. The molecule has 9 nitrogen and oxygen atoms in total. The molecular weight excluding hydrogens is 330 g/mol. The molecule has 0 saturated carbocycles. The molecule has 0 radical (unpaired) electrons. The number of carbonyl (C=O) groups excluding carboxylic acids is 1. The molecule has 3 rings (SSSR count). The number of carbonyl (C=O) groups is 1. The van der Waals surface area contributed by atoms with E-state index < -0.39 is 17.2 Å². The third-order valence-corrected chi connectivity index (χ3v) is 3.93. The standard InChI is InChI=1S/C16H21N3O6/c1-15(2)23-10-16(8-20,11-24-15)9-22-7-14(21)25-19-13-6-4-3-5-12(13)17-18-19/h3-6,20H,7-11H2,1-2H3. The van der Waals surface area contributed by atoms with Gasteiger partial charge in [-0.05, 0) is 31.2 Å². The van der Waals surface area contributed by atoms with Gasteiger partial charge in [0.15, 0.2) is 5.79 Å². The molecule has 1 aromatic carbocycles. The molecule has 0 amide bonds. The average molecular weight is 351 g/mol. The zero-order valence-corrected chi connectivity index (χ0v) is 14.2. The number of aromatic nitrogens is 3. The van der Waals surface area contributed by atoms with E-state index in [0.717, 1.165) is 4.85 Å². The summed E-state index contributed by atoms with van der Waals surface area (Å²) in [6, 6.07) is 7.11. The van der Waals surface area contributed by atoms with E-state index in [9.17, 15) is 9.90 Å². The summed E-state index contributed by atoms with van der Waals surface area (Å²) in [5, 5.41) is 17.3. The van der Waals surface area contributed by atoms with Crippen molar-refractivity contribution in [2.24, 2.45) is 5.41 Å². The Morgan fingerprint density at radius 2 is 2.04 bits per heavy atom. The first-order valence-corrected chi connectivity index (χ1v) is 7.91. The Morgan fingerprint density at radius 1 is 1.32 bits per heavy atom. The van der Waals surface area contributed by atoms with Crippen molar-refractivity contribution in [1.29, 1.82) is 0 Å². The van der Waals surface area contributed by atoms with Crippen LogP contribution in [0.2, 0.25) is 0 Å². The van der Waals surface area contributed by atoms with E-state index in [-0.39, 0.29) is 33.0 Å². The van der Waals surface area contributed by atoms with E-state index in [1.807, 2.05) is 6.07 Å². The lowest BCUT2D eigenvalue weighted by Crippen LogP contribution is -2.51. The summed E-state index contributed by atoms with van der Waals surface area (Å²) in [6.45, 7) is 3.79. The highest BCUT2D eigenvalue weighted by molar-refractivity contribution is 5.76. The van der Waals surface area contributed by atoms with Crippen molar-refractivity contribution in [3.05, 3.63) is 24.3 Å². The van der Waals surface area contributed by atoms with Crippen LogP contribution in [0.5, 0.6) is 0 Å². The normalized spacial score (nSPS) is 19.0. The van der Waals surface area contributed by atoms with Gasteiger partial charge >= 0.3 is 5.97 Å². The van der Waals surface area contributed by atoms with Gasteiger partial charge in [-0.25, -0.2) is 4.79 Å². The number of fused-ring (bicyclic) bond motifs is 1. The van der Waals surface area contributed by atoms with Gasteiger partial charge in [0.25, 0.3) is 0 Å². The minimum Gasteiger partial charge on any atom is -0.396 e. The topological polar surface area (TPSA) is 105 Å². The van der Waals surface area contributed by atoms with Crippen LogP contribution < -0.4 is 4.84 Å². The molecule has 1 aliphatic heterocycles. The Bertz CT molecular complexity index is 734. The van der Waals surface area contributed by atoms with Gasteiger partial charge in [-0.3, -0.25) is 0 Å². The monoisotopic (exact) mass is 351 g/mol. The van der Waals surface area contributed by atoms with Gasteiger partial charge in [-0.2, -0.15) is 0 Å². The number of aliphatic hydroxyl groups excluding tert-OH is 1. The van der Waals surface area contributed by atoms with E-state index in [2.05, 4.69) is 10.3 Å². The van der Waals surface area contributed by atoms with Crippen molar-refractivity contribution >= 4 is 17.0 Å². The van der Waals surface area contributed by atoms with E-state index in [0.29, 0.717) is 11.0 Å². The second kappa shape index (κ2) is 7.04. The molecular formula is C16H21N3O6. The Kier molecular flexibility index (Phi) is 5.00. The summed E-state index contributed by atoms with van der Waals surface area (Å²) in [7, 11) is 0. The van der Waals surface area contributed by atoms with E-state index in [1.54, 1.807) is 32.0 Å². The van der Waals surface area contributed by atoms with Crippen molar-refractivity contribution in [1.82, 2.24) is 15.2 Å². The van der Waals surface area contributed by atoms with Crippen LogP contribution >= 0.6 is 0 Å². The van der Waals surface area contributed by atoms with Gasteiger partial charge in [0.1, 0.15) is 17.6 Å². The summed E-state index contributed by atoms with van der Waals surface area (Å²) >= 11 is 0. The molecule has 2 aromatic rings. The van der Waals surface area contributed by atoms with E-state index in [4.69, 9.17) is 19.0 Å². The van der Waals surface area contributed by atoms with Gasteiger partial charge in [0, 0.05) is 0 Å². The molecule has 1 saturated heterocycles. The predicted octanol–water partition coefficient (Wildman–Crippen LogP) is 0.165. The van der Waals surface area contributed by atoms with Crippen LogP contribution in [0, 0.1) is 5.41 Å². The van der Waals surface area contributed by atoms with E-state index in [1.165, 1.54) is 0 Å². The van der Waals surface area contributed by atoms with Crippen LogP contribution in [0.3, 0.4) is 0 Å². The first kappa shape index (κ1) is 17.7. The number of aliphatic hydroxyl groups is 1. The number of hydrogen-bond donors (Lipinski definition) is 1. The number of rotatable bonds is 6. The molecule has 0 unspecified atom stereocenters. The van der Waals surface area contributed by atoms with Crippen molar-refractivity contribution in [3.8, 4) is 0 Å². The Balaban J connectivity index is 1.51. The van der Waals surface area contributed by atoms with Crippen LogP contribution in [0.15, 0.2) is 24.3 Å². The number of hydrogen-bond acceptors (Lipinski definition) is 8. The number of para-hydroxylation sites is 1. The predicted molar refractivity (Wildman–Crippen MR) is 85.4 cm³/mol. The van der Waals surface area contributed by atoms with Gasteiger partial charge in [-0.15, -0.1) is 5.10 Å². The second-order valence-corrected chi connectivity index (χ2v) is 6.54. The Morgan fingerprint density at radius 3 is 2.76 bits per heavy atom. The van der Waals surface area contributed by atoms with Crippen LogP contribution in [0.1, 0.15) is 13.8 Å². The van der Waals surface area contributed by atoms with Crippen LogP contribution in [0.25, 0.3) is 11.0 Å². The highest BCUT2D eigenvalue weighted by Crippen LogP contribution is 2.29. The fraction of sp³-hybridized carbons (Fsp3) is 0.562. The van der Waals surface area contributed by atoms with Crippen LogP contribution in [0.4, 0.5) is 0 Å². The maximum Gasteiger partial charge on any atom is 0.360 e. The van der Waals surface area contributed by atoms with Crippen LogP contribution in [-0.4, -0.2) is 65.1 Å². The van der Waals surface area contributed by atoms with Crippen molar-refractivity contribution in [2.75, 3.05) is 33.0 Å². The second-order valence-electron chi connectivity index (χ2n) is 6.54. The first-order valence-electron chi connectivity index (χ1n) is 7.91. The number of ether oxygens (including phenoxy) is 3. The Labute approximate surface area is 144 Å². The summed E-state index contributed by atoms with van der Waals surface area (Å²) in [6.07, 6.45) is 0. The lowest BCUT2D eigenvalue weighted by atomic mass is 9.91. The largest absolute Gasteiger partial charge is 0.396 e. The summed E-state index contributed by atoms with van der Waals surface area (Å²) < 4.78 is 16.5. The number of nitrogens with zero attached hydrogens (tertiary/aromatic N) is 3. The maximum atomic E-state index is 11.9. The summed E-state index contributed by atoms with van der Waals surface area (Å²) in [4.78, 5) is 18.1. The van der Waals surface area contributed by atoms with E-state index >= 15 is 0 Å². The minimum absolute atomic E-state index is 0.104. The van der Waals surface area contributed by atoms with Gasteiger partial charge < -0.3 is 24.2 Å². The zero-order chi connectivity index (χ0) is 17.9. The molecule has 9 heteroatoms. The smallest absolute Gasteiger partial charge is 0.360 e. The third kappa shape index (κ3) is 4.13. The molecule has 2 heterocycles. The Hall–Kier alpha value is -2.07. The molecule has 1 aliphatic rings. The summed E-state index contributed by atoms with van der Waals surface area (Å²) in [5.74, 6) is -1.31. The summed E-state index contributed by atoms with van der Waals surface area (Å²) in [5.41, 5.74) is 0.504. The molecule has 1 N–H and O–H groups in total.